The number of rotatable bonds is 1. The first-order valence-corrected chi connectivity index (χ1v) is 3.85. The molecule has 0 radical (unpaired) electrons. The van der Waals surface area contributed by atoms with Crippen molar-refractivity contribution in [1.29, 1.82) is 0 Å². The van der Waals surface area contributed by atoms with Gasteiger partial charge in [0.2, 0.25) is 0 Å². The molecule has 4 heteroatoms. The summed E-state index contributed by atoms with van der Waals surface area (Å²) in [6, 6.07) is 0. The van der Waals surface area contributed by atoms with Gasteiger partial charge in [-0.05, 0) is 13.0 Å². The third-order valence-electron chi connectivity index (χ3n) is 1.76. The number of hydrogen-bond acceptors (Lipinski definition) is 3. The fraction of sp³-hybridized carbons (Fsp3) is 0.833. The summed E-state index contributed by atoms with van der Waals surface area (Å²) in [5.74, 6) is -1.05. The topological polar surface area (TPSA) is 49.3 Å². The molecule has 0 aromatic carbocycles. The molecule has 1 aliphatic heterocycles. The highest BCUT2D eigenvalue weighted by Gasteiger charge is 2.27. The molecule has 0 bridgehead atoms. The monoisotopic (exact) mass is 161 g/mol. The third kappa shape index (κ3) is 1.64. The lowest BCUT2D eigenvalue weighted by atomic mass is 9.99. The summed E-state index contributed by atoms with van der Waals surface area (Å²) in [5.41, 5.74) is 0. The van der Waals surface area contributed by atoms with Crippen LogP contribution in [-0.4, -0.2) is 29.4 Å². The molecule has 1 fully saturated rings. The van der Waals surface area contributed by atoms with Crippen molar-refractivity contribution in [3.8, 4) is 0 Å². The van der Waals surface area contributed by atoms with Gasteiger partial charge in [0, 0.05) is 11.8 Å². The van der Waals surface area contributed by atoms with E-state index in [2.05, 4.69) is 17.9 Å². The van der Waals surface area contributed by atoms with Gasteiger partial charge in [0.15, 0.2) is 0 Å². The van der Waals surface area contributed by atoms with Crippen molar-refractivity contribution in [3.63, 3.8) is 0 Å². The fourth-order valence-corrected chi connectivity index (χ4v) is 1.46. The zero-order chi connectivity index (χ0) is 7.56. The largest absolute Gasteiger partial charge is 0.481 e. The molecular weight excluding hydrogens is 150 g/mol. The summed E-state index contributed by atoms with van der Waals surface area (Å²) in [4.78, 5) is 10.5. The lowest BCUT2D eigenvalue weighted by Crippen LogP contribution is -2.41. The number of aliphatic carboxylic acids is 1. The van der Waals surface area contributed by atoms with Gasteiger partial charge in [-0.15, -0.1) is 0 Å². The Morgan fingerprint density at radius 3 is 2.80 bits per heavy atom. The normalized spacial score (nSPS) is 33.7. The van der Waals surface area contributed by atoms with Crippen LogP contribution in [0.3, 0.4) is 0 Å². The van der Waals surface area contributed by atoms with E-state index in [0.29, 0.717) is 6.54 Å². The summed E-state index contributed by atoms with van der Waals surface area (Å²) in [6.45, 7) is 1.45. The Kier molecular flexibility index (Phi) is 2.56. The number of carbonyl (C=O) groups is 1. The van der Waals surface area contributed by atoms with Crippen LogP contribution in [0.4, 0.5) is 0 Å². The van der Waals surface area contributed by atoms with Crippen molar-refractivity contribution in [3.05, 3.63) is 0 Å². The van der Waals surface area contributed by atoms with Gasteiger partial charge >= 0.3 is 5.97 Å². The lowest BCUT2D eigenvalue weighted by molar-refractivity contribution is -0.141. The molecule has 0 aromatic rings. The molecule has 58 valence electrons. The Morgan fingerprint density at radius 2 is 2.40 bits per heavy atom. The van der Waals surface area contributed by atoms with Gasteiger partial charge < -0.3 is 10.4 Å². The van der Waals surface area contributed by atoms with Crippen LogP contribution in [0.15, 0.2) is 0 Å². The van der Waals surface area contributed by atoms with Crippen LogP contribution in [0.1, 0.15) is 6.42 Å². The second-order valence-electron chi connectivity index (χ2n) is 2.50. The van der Waals surface area contributed by atoms with E-state index in [1.165, 1.54) is 0 Å². The average Bonchev–Trinajstić information content (AvgIpc) is 1.88. The van der Waals surface area contributed by atoms with Gasteiger partial charge in [-0.25, -0.2) is 0 Å². The number of thiol groups is 1. The van der Waals surface area contributed by atoms with Crippen LogP contribution in [0, 0.1) is 5.92 Å². The van der Waals surface area contributed by atoms with Crippen molar-refractivity contribution in [1.82, 2.24) is 5.32 Å². The number of hydrogen-bond donors (Lipinski definition) is 3. The maximum absolute atomic E-state index is 10.5. The van der Waals surface area contributed by atoms with E-state index < -0.39 is 5.97 Å². The second-order valence-corrected chi connectivity index (χ2v) is 3.17. The number of nitrogens with one attached hydrogen (secondary N) is 1. The van der Waals surface area contributed by atoms with E-state index in [0.717, 1.165) is 13.0 Å². The first-order chi connectivity index (χ1) is 4.72. The standard InChI is InChI=1S/C6H11NO2S/c8-6(9)4-3-7-2-1-5(4)10/h4-5,7,10H,1-3H2,(H,8,9). The molecule has 1 heterocycles. The summed E-state index contributed by atoms with van der Waals surface area (Å²) in [7, 11) is 0. The first kappa shape index (κ1) is 7.88. The van der Waals surface area contributed by atoms with E-state index in [4.69, 9.17) is 5.11 Å². The summed E-state index contributed by atoms with van der Waals surface area (Å²) in [5, 5.41) is 11.7. The minimum atomic E-state index is -0.743. The lowest BCUT2D eigenvalue weighted by Gasteiger charge is -2.24. The van der Waals surface area contributed by atoms with Crippen LogP contribution in [0.25, 0.3) is 0 Å². The highest BCUT2D eigenvalue weighted by Crippen LogP contribution is 2.16. The van der Waals surface area contributed by atoms with Crippen LogP contribution in [-0.2, 0) is 4.79 Å². The number of piperidine rings is 1. The van der Waals surface area contributed by atoms with E-state index in [9.17, 15) is 4.79 Å². The van der Waals surface area contributed by atoms with Crippen molar-refractivity contribution in [2.24, 2.45) is 5.92 Å². The molecule has 3 nitrogen and oxygen atoms in total. The van der Waals surface area contributed by atoms with Gasteiger partial charge in [0.1, 0.15) is 0 Å². The molecule has 0 spiro atoms. The first-order valence-electron chi connectivity index (χ1n) is 3.33. The second kappa shape index (κ2) is 3.25. The molecule has 0 aliphatic carbocycles. The quantitative estimate of drug-likeness (QED) is 0.474. The highest BCUT2D eigenvalue weighted by molar-refractivity contribution is 7.81. The predicted molar refractivity (Wildman–Crippen MR) is 41.4 cm³/mol. The Balaban J connectivity index is 2.47. The molecule has 1 saturated heterocycles. The average molecular weight is 161 g/mol. The van der Waals surface area contributed by atoms with E-state index >= 15 is 0 Å². The number of carboxylic acids is 1. The van der Waals surface area contributed by atoms with Crippen LogP contribution in [0.2, 0.25) is 0 Å². The molecule has 0 saturated carbocycles. The molecule has 1 rings (SSSR count). The molecular formula is C6H11NO2S. The number of carboxylic acid groups (broad SMARTS) is 1. The summed E-state index contributed by atoms with van der Waals surface area (Å²) < 4.78 is 0. The van der Waals surface area contributed by atoms with Gasteiger partial charge in [-0.2, -0.15) is 12.6 Å². The SMILES string of the molecule is O=C(O)C1CNCCC1S. The molecule has 2 atom stereocenters. The van der Waals surface area contributed by atoms with Crippen molar-refractivity contribution in [2.75, 3.05) is 13.1 Å². The van der Waals surface area contributed by atoms with Gasteiger partial charge in [-0.3, -0.25) is 4.79 Å². The van der Waals surface area contributed by atoms with Crippen molar-refractivity contribution >= 4 is 18.6 Å². The fourth-order valence-electron chi connectivity index (χ4n) is 1.10. The Hall–Kier alpha value is -0.220. The summed E-state index contributed by atoms with van der Waals surface area (Å²) >= 11 is 4.17. The molecule has 2 unspecified atom stereocenters. The Bertz CT molecular complexity index is 140. The third-order valence-corrected chi connectivity index (χ3v) is 2.38. The molecule has 1 aliphatic rings. The molecule has 0 amide bonds. The van der Waals surface area contributed by atoms with E-state index in [1.807, 2.05) is 0 Å². The van der Waals surface area contributed by atoms with Crippen molar-refractivity contribution < 1.29 is 9.90 Å². The van der Waals surface area contributed by atoms with Crippen LogP contribution in [0.5, 0.6) is 0 Å². The minimum absolute atomic E-state index is 0.0266. The van der Waals surface area contributed by atoms with Crippen LogP contribution >= 0.6 is 12.6 Å². The summed E-state index contributed by atoms with van der Waals surface area (Å²) in [6.07, 6.45) is 0.847. The molecule has 0 aromatic heterocycles. The van der Waals surface area contributed by atoms with Gasteiger partial charge in [0.25, 0.3) is 0 Å². The van der Waals surface area contributed by atoms with Gasteiger partial charge in [0.05, 0.1) is 5.92 Å². The van der Waals surface area contributed by atoms with E-state index in [1.54, 1.807) is 0 Å². The maximum atomic E-state index is 10.5. The predicted octanol–water partition coefficient (Wildman–Crippen LogP) is -0.0211. The Labute approximate surface area is 65.2 Å². The zero-order valence-corrected chi connectivity index (χ0v) is 6.47. The smallest absolute Gasteiger partial charge is 0.308 e. The maximum Gasteiger partial charge on any atom is 0.308 e. The van der Waals surface area contributed by atoms with Crippen molar-refractivity contribution in [2.45, 2.75) is 11.7 Å². The van der Waals surface area contributed by atoms with Crippen LogP contribution < -0.4 is 5.32 Å². The zero-order valence-electron chi connectivity index (χ0n) is 5.58. The molecule has 2 N–H and O–H groups in total. The van der Waals surface area contributed by atoms with Gasteiger partial charge in [-0.1, -0.05) is 0 Å². The minimum Gasteiger partial charge on any atom is -0.481 e. The van der Waals surface area contributed by atoms with E-state index in [-0.39, 0.29) is 11.2 Å². The Morgan fingerprint density at radius 1 is 1.70 bits per heavy atom. The molecule has 10 heavy (non-hydrogen) atoms. The highest BCUT2D eigenvalue weighted by atomic mass is 32.1.